The van der Waals surface area contributed by atoms with Crippen molar-refractivity contribution < 1.29 is 19.3 Å². The number of hydrogen-bond donors (Lipinski definition) is 2. The first-order chi connectivity index (χ1) is 7.20. The maximum atomic E-state index is 12.8. The van der Waals surface area contributed by atoms with E-state index >= 15 is 0 Å². The highest BCUT2D eigenvalue weighted by molar-refractivity contribution is 5.60. The molecule has 0 bridgehead atoms. The first-order valence-corrected chi connectivity index (χ1v) is 4.64. The summed E-state index contributed by atoms with van der Waals surface area (Å²) in [5, 5.41) is 18.1. The number of aliphatic hydroxyl groups is 2. The maximum Gasteiger partial charge on any atom is 0.145 e. The van der Waals surface area contributed by atoms with E-state index in [1.54, 1.807) is 12.2 Å². The molecule has 2 rings (SSSR count). The van der Waals surface area contributed by atoms with Crippen molar-refractivity contribution in [2.45, 2.75) is 12.2 Å². The highest BCUT2D eigenvalue weighted by atomic mass is 19.1. The van der Waals surface area contributed by atoms with Crippen LogP contribution in [0.1, 0.15) is 5.56 Å². The van der Waals surface area contributed by atoms with Gasteiger partial charge >= 0.3 is 0 Å². The van der Waals surface area contributed by atoms with Gasteiger partial charge in [-0.05, 0) is 24.3 Å². The second-order valence-corrected chi connectivity index (χ2v) is 3.37. The Morgan fingerprint density at radius 1 is 1.47 bits per heavy atom. The molecule has 1 heterocycles. The molecule has 0 spiro atoms. The van der Waals surface area contributed by atoms with Crippen LogP contribution in [-0.2, 0) is 0 Å². The summed E-state index contributed by atoms with van der Waals surface area (Å²) in [5.41, 5.74) is 0.636. The SMILES string of the molecule is OC[C@H](O)C1C=Cc2cc(F)ccc2O1. The van der Waals surface area contributed by atoms with Gasteiger partial charge in [-0.25, -0.2) is 4.39 Å². The molecule has 0 amide bonds. The van der Waals surface area contributed by atoms with E-state index in [0.29, 0.717) is 11.3 Å². The quantitative estimate of drug-likeness (QED) is 0.764. The van der Waals surface area contributed by atoms with Gasteiger partial charge in [-0.2, -0.15) is 0 Å². The van der Waals surface area contributed by atoms with Gasteiger partial charge in [0.05, 0.1) is 6.61 Å². The fraction of sp³-hybridized carbons (Fsp3) is 0.273. The zero-order valence-electron chi connectivity index (χ0n) is 7.93. The lowest BCUT2D eigenvalue weighted by Gasteiger charge is -2.24. The van der Waals surface area contributed by atoms with Crippen LogP contribution < -0.4 is 4.74 Å². The van der Waals surface area contributed by atoms with E-state index in [2.05, 4.69) is 0 Å². The molecule has 1 aromatic carbocycles. The lowest BCUT2D eigenvalue weighted by Crippen LogP contribution is -2.34. The van der Waals surface area contributed by atoms with E-state index in [1.165, 1.54) is 18.2 Å². The zero-order valence-corrected chi connectivity index (χ0v) is 7.93. The van der Waals surface area contributed by atoms with E-state index in [0.717, 1.165) is 0 Å². The number of ether oxygens (including phenoxy) is 1. The van der Waals surface area contributed by atoms with Gasteiger partial charge in [0.25, 0.3) is 0 Å². The number of benzene rings is 1. The third-order valence-electron chi connectivity index (χ3n) is 2.27. The summed E-state index contributed by atoms with van der Waals surface area (Å²) in [5.74, 6) is 0.180. The Kier molecular flexibility index (Phi) is 2.70. The highest BCUT2D eigenvalue weighted by Crippen LogP contribution is 2.27. The number of aliphatic hydroxyl groups excluding tert-OH is 2. The minimum atomic E-state index is -0.959. The van der Waals surface area contributed by atoms with Crippen molar-refractivity contribution >= 4 is 6.08 Å². The second-order valence-electron chi connectivity index (χ2n) is 3.37. The van der Waals surface area contributed by atoms with Crippen molar-refractivity contribution in [3.05, 3.63) is 35.7 Å². The molecule has 2 N–H and O–H groups in total. The number of fused-ring (bicyclic) bond motifs is 1. The molecular weight excluding hydrogens is 199 g/mol. The molecule has 1 aromatic rings. The van der Waals surface area contributed by atoms with Gasteiger partial charge in [-0.15, -0.1) is 0 Å². The number of rotatable bonds is 2. The van der Waals surface area contributed by atoms with Crippen molar-refractivity contribution in [2.24, 2.45) is 0 Å². The second kappa shape index (κ2) is 4.00. The normalized spacial score (nSPS) is 20.6. The Balaban J connectivity index is 2.24. The van der Waals surface area contributed by atoms with Gasteiger partial charge in [-0.3, -0.25) is 0 Å². The third-order valence-corrected chi connectivity index (χ3v) is 2.27. The predicted molar refractivity (Wildman–Crippen MR) is 52.9 cm³/mol. The summed E-state index contributed by atoms with van der Waals surface area (Å²) in [7, 11) is 0. The van der Waals surface area contributed by atoms with Crippen molar-refractivity contribution in [1.82, 2.24) is 0 Å². The van der Waals surface area contributed by atoms with Gasteiger partial charge in [-0.1, -0.05) is 6.08 Å². The van der Waals surface area contributed by atoms with Crippen molar-refractivity contribution in [3.8, 4) is 5.75 Å². The molecule has 2 atom stereocenters. The zero-order chi connectivity index (χ0) is 10.8. The van der Waals surface area contributed by atoms with Crippen LogP contribution in [0.15, 0.2) is 24.3 Å². The lowest BCUT2D eigenvalue weighted by molar-refractivity contribution is 0.0201. The molecule has 0 radical (unpaired) electrons. The minimum absolute atomic E-state index is 0.330. The van der Waals surface area contributed by atoms with Crippen LogP contribution >= 0.6 is 0 Å². The van der Waals surface area contributed by atoms with Gasteiger partial charge < -0.3 is 14.9 Å². The summed E-state index contributed by atoms with van der Waals surface area (Å²) in [6.07, 6.45) is 1.74. The number of hydrogen-bond acceptors (Lipinski definition) is 3. The molecule has 0 aliphatic carbocycles. The molecule has 0 saturated carbocycles. The third kappa shape index (κ3) is 2.00. The molecular formula is C11H11FO3. The first-order valence-electron chi connectivity index (χ1n) is 4.64. The Labute approximate surface area is 86.4 Å². The summed E-state index contributed by atoms with van der Waals surface area (Å²) in [6, 6.07) is 4.15. The Bertz CT molecular complexity index is 389. The predicted octanol–water partition coefficient (Wildman–Crippen LogP) is 0.953. The molecule has 4 heteroatoms. The molecule has 3 nitrogen and oxygen atoms in total. The first kappa shape index (κ1) is 10.1. The van der Waals surface area contributed by atoms with Gasteiger partial charge in [0.2, 0.25) is 0 Å². The highest BCUT2D eigenvalue weighted by Gasteiger charge is 2.21. The maximum absolute atomic E-state index is 12.8. The molecule has 1 aliphatic heterocycles. The van der Waals surface area contributed by atoms with Crippen LogP contribution in [0, 0.1) is 5.82 Å². The number of halogens is 1. The van der Waals surface area contributed by atoms with E-state index in [4.69, 9.17) is 9.84 Å². The van der Waals surface area contributed by atoms with Crippen molar-refractivity contribution in [3.63, 3.8) is 0 Å². The van der Waals surface area contributed by atoms with Crippen LogP contribution in [0.3, 0.4) is 0 Å². The van der Waals surface area contributed by atoms with Crippen LogP contribution in [0.4, 0.5) is 4.39 Å². The largest absolute Gasteiger partial charge is 0.483 e. The van der Waals surface area contributed by atoms with Gasteiger partial charge in [0.1, 0.15) is 23.8 Å². The topological polar surface area (TPSA) is 49.7 Å². The minimum Gasteiger partial charge on any atom is -0.483 e. The monoisotopic (exact) mass is 210 g/mol. The van der Waals surface area contributed by atoms with Gasteiger partial charge in [0.15, 0.2) is 0 Å². The van der Waals surface area contributed by atoms with E-state index in [9.17, 15) is 9.50 Å². The van der Waals surface area contributed by atoms with Gasteiger partial charge in [0, 0.05) is 5.56 Å². The molecule has 0 fully saturated rings. The average Bonchev–Trinajstić information content (AvgIpc) is 2.27. The van der Waals surface area contributed by atoms with Crippen molar-refractivity contribution in [2.75, 3.05) is 6.61 Å². The summed E-state index contributed by atoms with van der Waals surface area (Å²) in [4.78, 5) is 0. The van der Waals surface area contributed by atoms with E-state index in [-0.39, 0.29) is 12.4 Å². The summed E-state index contributed by atoms with van der Waals surface area (Å²) in [6.45, 7) is -0.370. The summed E-state index contributed by atoms with van der Waals surface area (Å²) < 4.78 is 18.2. The standard InChI is InChI=1S/C11H11FO3/c12-8-2-4-10-7(5-8)1-3-11(15-10)9(14)6-13/h1-5,9,11,13-14H,6H2/t9-,11?/m0/s1. The van der Waals surface area contributed by atoms with Crippen LogP contribution in [0.25, 0.3) is 6.08 Å². The van der Waals surface area contributed by atoms with E-state index in [1.807, 2.05) is 0 Å². The van der Waals surface area contributed by atoms with Crippen molar-refractivity contribution in [1.29, 1.82) is 0 Å². The van der Waals surface area contributed by atoms with Crippen LogP contribution in [-0.4, -0.2) is 29.0 Å². The van der Waals surface area contributed by atoms with Crippen LogP contribution in [0.2, 0.25) is 0 Å². The molecule has 15 heavy (non-hydrogen) atoms. The van der Waals surface area contributed by atoms with Crippen LogP contribution in [0.5, 0.6) is 5.75 Å². The summed E-state index contributed by atoms with van der Waals surface area (Å²) >= 11 is 0. The Morgan fingerprint density at radius 3 is 3.00 bits per heavy atom. The fourth-order valence-electron chi connectivity index (χ4n) is 1.45. The lowest BCUT2D eigenvalue weighted by atomic mass is 10.1. The average molecular weight is 210 g/mol. The Hall–Kier alpha value is -1.39. The fourth-order valence-corrected chi connectivity index (χ4v) is 1.45. The molecule has 1 aliphatic rings. The molecule has 1 unspecified atom stereocenters. The Morgan fingerprint density at radius 2 is 2.27 bits per heavy atom. The molecule has 0 saturated heterocycles. The molecule has 0 aromatic heterocycles. The molecule has 80 valence electrons. The smallest absolute Gasteiger partial charge is 0.145 e. The van der Waals surface area contributed by atoms with E-state index < -0.39 is 12.2 Å².